The SMILES string of the molecule is CCNC(=NCc1ccc2c(c1)OCO2)NCC(=O)Nc1ccc(F)cc1.I. The van der Waals surface area contributed by atoms with E-state index in [1.54, 1.807) is 0 Å². The Labute approximate surface area is 179 Å². The molecule has 0 atom stereocenters. The smallest absolute Gasteiger partial charge is 0.243 e. The predicted octanol–water partition coefficient (Wildman–Crippen LogP) is 2.87. The molecule has 0 aromatic heterocycles. The molecule has 7 nitrogen and oxygen atoms in total. The topological polar surface area (TPSA) is 84.0 Å². The van der Waals surface area contributed by atoms with Gasteiger partial charge in [-0.15, -0.1) is 24.0 Å². The molecular formula is C19H22FIN4O3. The molecule has 9 heteroatoms. The minimum absolute atomic E-state index is 0. The lowest BCUT2D eigenvalue weighted by Crippen LogP contribution is -2.41. The summed E-state index contributed by atoms with van der Waals surface area (Å²) in [5.74, 6) is 1.35. The zero-order valence-corrected chi connectivity index (χ0v) is 17.7. The van der Waals surface area contributed by atoms with E-state index in [1.807, 2.05) is 25.1 Å². The fourth-order valence-electron chi connectivity index (χ4n) is 2.45. The Morgan fingerprint density at radius 1 is 1.11 bits per heavy atom. The molecule has 28 heavy (non-hydrogen) atoms. The van der Waals surface area contributed by atoms with Crippen molar-refractivity contribution in [1.82, 2.24) is 10.6 Å². The van der Waals surface area contributed by atoms with Gasteiger partial charge in [-0.3, -0.25) is 4.79 Å². The van der Waals surface area contributed by atoms with E-state index in [4.69, 9.17) is 9.47 Å². The molecule has 1 heterocycles. The van der Waals surface area contributed by atoms with Crippen LogP contribution in [0.15, 0.2) is 47.5 Å². The predicted molar refractivity (Wildman–Crippen MR) is 116 cm³/mol. The molecule has 0 bridgehead atoms. The highest BCUT2D eigenvalue weighted by molar-refractivity contribution is 14.0. The van der Waals surface area contributed by atoms with Crippen molar-refractivity contribution in [1.29, 1.82) is 0 Å². The standard InChI is InChI=1S/C19H21FN4O3.HI/c1-2-21-19(22-10-13-3-8-16-17(9-13)27-12-26-16)23-11-18(25)24-15-6-4-14(20)5-7-15;/h3-9H,2,10-12H2,1H3,(H,24,25)(H2,21,22,23);1H. The highest BCUT2D eigenvalue weighted by Gasteiger charge is 2.13. The molecule has 2 aromatic carbocycles. The molecule has 1 aliphatic heterocycles. The van der Waals surface area contributed by atoms with E-state index in [1.165, 1.54) is 24.3 Å². The number of nitrogens with one attached hydrogen (secondary N) is 3. The van der Waals surface area contributed by atoms with Crippen LogP contribution >= 0.6 is 24.0 Å². The molecule has 150 valence electrons. The normalized spacial score (nSPS) is 12.1. The Morgan fingerprint density at radius 2 is 1.86 bits per heavy atom. The molecule has 1 amide bonds. The van der Waals surface area contributed by atoms with E-state index in [2.05, 4.69) is 20.9 Å². The first-order valence-electron chi connectivity index (χ1n) is 8.60. The molecule has 2 aromatic rings. The number of halogens is 2. The Kier molecular flexibility index (Phi) is 8.30. The molecule has 3 rings (SSSR count). The quantitative estimate of drug-likeness (QED) is 0.323. The molecule has 0 aliphatic carbocycles. The van der Waals surface area contributed by atoms with Crippen molar-refractivity contribution in [2.24, 2.45) is 4.99 Å². The third kappa shape index (κ3) is 6.25. The summed E-state index contributed by atoms with van der Waals surface area (Å²) in [6, 6.07) is 11.3. The van der Waals surface area contributed by atoms with E-state index in [-0.39, 0.29) is 49.0 Å². The molecule has 0 spiro atoms. The number of carbonyl (C=O) groups is 1. The summed E-state index contributed by atoms with van der Waals surface area (Å²) in [5, 5.41) is 8.74. The average molecular weight is 500 g/mol. The lowest BCUT2D eigenvalue weighted by molar-refractivity contribution is -0.115. The second-order valence-corrected chi connectivity index (χ2v) is 5.79. The van der Waals surface area contributed by atoms with Crippen LogP contribution in [0.3, 0.4) is 0 Å². The van der Waals surface area contributed by atoms with Crippen LogP contribution in [0.2, 0.25) is 0 Å². The molecule has 3 N–H and O–H groups in total. The number of guanidine groups is 1. The van der Waals surface area contributed by atoms with Crippen molar-refractivity contribution in [2.45, 2.75) is 13.5 Å². The maximum atomic E-state index is 12.9. The lowest BCUT2D eigenvalue weighted by atomic mass is 10.2. The lowest BCUT2D eigenvalue weighted by Gasteiger charge is -2.11. The first-order valence-corrected chi connectivity index (χ1v) is 8.60. The third-order valence-electron chi connectivity index (χ3n) is 3.75. The number of carbonyl (C=O) groups excluding carboxylic acids is 1. The molecule has 0 saturated carbocycles. The van der Waals surface area contributed by atoms with Gasteiger partial charge in [0.05, 0.1) is 13.1 Å². The van der Waals surface area contributed by atoms with Gasteiger partial charge in [-0.25, -0.2) is 9.38 Å². The van der Waals surface area contributed by atoms with Crippen molar-refractivity contribution in [3.8, 4) is 11.5 Å². The third-order valence-corrected chi connectivity index (χ3v) is 3.75. The van der Waals surface area contributed by atoms with Gasteiger partial charge in [-0.2, -0.15) is 0 Å². The van der Waals surface area contributed by atoms with E-state index in [9.17, 15) is 9.18 Å². The van der Waals surface area contributed by atoms with E-state index >= 15 is 0 Å². The highest BCUT2D eigenvalue weighted by atomic mass is 127. The number of hydrogen-bond acceptors (Lipinski definition) is 4. The van der Waals surface area contributed by atoms with Gasteiger partial charge in [-0.05, 0) is 48.9 Å². The number of amides is 1. The monoisotopic (exact) mass is 500 g/mol. The van der Waals surface area contributed by atoms with Crippen LogP contribution in [-0.4, -0.2) is 31.7 Å². The number of benzene rings is 2. The van der Waals surface area contributed by atoms with Crippen LogP contribution in [0.4, 0.5) is 10.1 Å². The van der Waals surface area contributed by atoms with Crippen molar-refractivity contribution in [3.05, 3.63) is 53.8 Å². The molecular weight excluding hydrogens is 478 g/mol. The van der Waals surface area contributed by atoms with Gasteiger partial charge in [0.1, 0.15) is 5.82 Å². The minimum Gasteiger partial charge on any atom is -0.454 e. The zero-order chi connectivity index (χ0) is 19.1. The van der Waals surface area contributed by atoms with Crippen LogP contribution in [0.25, 0.3) is 0 Å². The zero-order valence-electron chi connectivity index (χ0n) is 15.3. The van der Waals surface area contributed by atoms with Crippen LogP contribution in [0.1, 0.15) is 12.5 Å². The van der Waals surface area contributed by atoms with Gasteiger partial charge < -0.3 is 25.4 Å². The van der Waals surface area contributed by atoms with Crippen LogP contribution in [-0.2, 0) is 11.3 Å². The van der Waals surface area contributed by atoms with Crippen molar-refractivity contribution >= 4 is 41.5 Å². The first-order chi connectivity index (χ1) is 13.1. The van der Waals surface area contributed by atoms with Crippen molar-refractivity contribution in [3.63, 3.8) is 0 Å². The molecule has 0 radical (unpaired) electrons. The summed E-state index contributed by atoms with van der Waals surface area (Å²) >= 11 is 0. The Morgan fingerprint density at radius 3 is 2.61 bits per heavy atom. The van der Waals surface area contributed by atoms with Crippen LogP contribution in [0.5, 0.6) is 11.5 Å². The number of hydrogen-bond donors (Lipinski definition) is 3. The fraction of sp³-hybridized carbons (Fsp3) is 0.263. The molecule has 0 fully saturated rings. The highest BCUT2D eigenvalue weighted by Crippen LogP contribution is 2.32. The summed E-state index contributed by atoms with van der Waals surface area (Å²) in [4.78, 5) is 16.5. The van der Waals surface area contributed by atoms with Gasteiger partial charge in [0, 0.05) is 12.2 Å². The summed E-state index contributed by atoms with van der Waals surface area (Å²) in [7, 11) is 0. The molecule has 0 unspecified atom stereocenters. The summed E-state index contributed by atoms with van der Waals surface area (Å²) in [5.41, 5.74) is 1.50. The van der Waals surface area contributed by atoms with E-state index < -0.39 is 0 Å². The maximum absolute atomic E-state index is 12.9. The largest absolute Gasteiger partial charge is 0.454 e. The molecule has 1 aliphatic rings. The van der Waals surface area contributed by atoms with E-state index in [0.29, 0.717) is 30.5 Å². The number of fused-ring (bicyclic) bond motifs is 1. The summed E-state index contributed by atoms with van der Waals surface area (Å²) in [6.45, 7) is 3.29. The van der Waals surface area contributed by atoms with Crippen LogP contribution in [0, 0.1) is 5.82 Å². The van der Waals surface area contributed by atoms with Gasteiger partial charge >= 0.3 is 0 Å². The van der Waals surface area contributed by atoms with Gasteiger partial charge in [0.15, 0.2) is 17.5 Å². The van der Waals surface area contributed by atoms with Crippen molar-refractivity contribution < 1.29 is 18.7 Å². The van der Waals surface area contributed by atoms with Gasteiger partial charge in [0.2, 0.25) is 12.7 Å². The fourth-order valence-corrected chi connectivity index (χ4v) is 2.45. The molecule has 0 saturated heterocycles. The van der Waals surface area contributed by atoms with E-state index in [0.717, 1.165) is 11.3 Å². The van der Waals surface area contributed by atoms with Crippen LogP contribution < -0.4 is 25.4 Å². The van der Waals surface area contributed by atoms with Crippen molar-refractivity contribution in [2.75, 3.05) is 25.2 Å². The maximum Gasteiger partial charge on any atom is 0.243 e. The number of aliphatic imine (C=N–C) groups is 1. The second-order valence-electron chi connectivity index (χ2n) is 5.79. The Hall–Kier alpha value is -2.56. The summed E-state index contributed by atoms with van der Waals surface area (Å²) < 4.78 is 23.5. The van der Waals surface area contributed by atoms with Gasteiger partial charge in [0.25, 0.3) is 0 Å². The number of rotatable bonds is 6. The average Bonchev–Trinajstić information content (AvgIpc) is 3.13. The number of nitrogens with zero attached hydrogens (tertiary/aromatic N) is 1. The second kappa shape index (κ2) is 10.7. The Balaban J connectivity index is 0.00000280. The number of anilines is 1. The summed E-state index contributed by atoms with van der Waals surface area (Å²) in [6.07, 6.45) is 0. The Bertz CT molecular complexity index is 830. The van der Waals surface area contributed by atoms with Gasteiger partial charge in [-0.1, -0.05) is 6.07 Å². The minimum atomic E-state index is -0.351. The first kappa shape index (κ1) is 21.7. The number of ether oxygens (including phenoxy) is 2.